The van der Waals surface area contributed by atoms with E-state index in [0.717, 1.165) is 0 Å². The van der Waals surface area contributed by atoms with Gasteiger partial charge in [-0.25, -0.2) is 0 Å². The van der Waals surface area contributed by atoms with Crippen LogP contribution in [0.25, 0.3) is 10.8 Å². The van der Waals surface area contributed by atoms with Gasteiger partial charge in [-0.05, 0) is 12.1 Å². The molecule has 0 unspecified atom stereocenters. The van der Waals surface area contributed by atoms with Gasteiger partial charge in [0.05, 0.1) is 21.2 Å². The van der Waals surface area contributed by atoms with Crippen LogP contribution in [0, 0.1) is 0 Å². The van der Waals surface area contributed by atoms with Crippen molar-refractivity contribution in [3.05, 3.63) is 45.4 Å². The summed E-state index contributed by atoms with van der Waals surface area (Å²) in [5.41, 5.74) is 0.389. The quantitative estimate of drug-likeness (QED) is 0.596. The first-order valence-electron chi connectivity index (χ1n) is 5.00. The maximum Gasteiger partial charge on any atom is 0.285 e. The number of hydrogen-bond acceptors (Lipinski definition) is 3. The van der Waals surface area contributed by atoms with Gasteiger partial charge in [0.25, 0.3) is 11.8 Å². The molecule has 4 nitrogen and oxygen atoms in total. The Hall–Kier alpha value is -1.62. The van der Waals surface area contributed by atoms with Gasteiger partial charge in [-0.3, -0.25) is 14.8 Å². The molecule has 0 bridgehead atoms. The van der Waals surface area contributed by atoms with Crippen molar-refractivity contribution >= 4 is 45.8 Å². The van der Waals surface area contributed by atoms with Crippen LogP contribution >= 0.6 is 23.2 Å². The highest BCUT2D eigenvalue weighted by Gasteiger charge is 2.33. The third-order valence-electron chi connectivity index (χ3n) is 2.90. The van der Waals surface area contributed by atoms with Crippen LogP contribution in [0.15, 0.2) is 24.3 Å². The van der Waals surface area contributed by atoms with E-state index >= 15 is 0 Å². The SMILES string of the molecule is O=C1c2cccc3c(Cl)c(Cl)cc(c23)C(=O)N1O. The first kappa shape index (κ1) is 11.5. The van der Waals surface area contributed by atoms with E-state index in [4.69, 9.17) is 23.2 Å². The molecule has 3 rings (SSSR count). The lowest BCUT2D eigenvalue weighted by molar-refractivity contribution is -0.0377. The van der Waals surface area contributed by atoms with E-state index in [-0.39, 0.29) is 26.2 Å². The van der Waals surface area contributed by atoms with Crippen molar-refractivity contribution in [2.45, 2.75) is 0 Å². The third kappa shape index (κ3) is 1.31. The zero-order chi connectivity index (χ0) is 13.0. The summed E-state index contributed by atoms with van der Waals surface area (Å²) in [5, 5.41) is 11.0. The Kier molecular flexibility index (Phi) is 2.35. The van der Waals surface area contributed by atoms with Crippen molar-refractivity contribution in [2.75, 3.05) is 0 Å². The van der Waals surface area contributed by atoms with Gasteiger partial charge in [-0.15, -0.1) is 5.06 Å². The number of carbonyl (C=O) groups is 2. The Bertz CT molecular complexity index is 727. The minimum Gasteiger partial charge on any atom is -0.278 e. The number of imide groups is 1. The summed E-state index contributed by atoms with van der Waals surface area (Å²) in [6.07, 6.45) is 0. The molecule has 18 heavy (non-hydrogen) atoms. The van der Waals surface area contributed by atoms with Gasteiger partial charge in [-0.1, -0.05) is 35.3 Å². The highest BCUT2D eigenvalue weighted by Crippen LogP contribution is 2.37. The molecular weight excluding hydrogens is 277 g/mol. The molecule has 0 atom stereocenters. The minimum absolute atomic E-state index is 0.0847. The normalized spacial score (nSPS) is 14.5. The molecule has 90 valence electrons. The van der Waals surface area contributed by atoms with Gasteiger partial charge in [0.15, 0.2) is 0 Å². The monoisotopic (exact) mass is 281 g/mol. The molecule has 2 amide bonds. The Morgan fingerprint density at radius 3 is 2.44 bits per heavy atom. The predicted octanol–water partition coefficient (Wildman–Crippen LogP) is 3.13. The fourth-order valence-electron chi connectivity index (χ4n) is 2.08. The molecule has 0 saturated carbocycles. The summed E-state index contributed by atoms with van der Waals surface area (Å²) < 4.78 is 0. The van der Waals surface area contributed by atoms with Crippen LogP contribution in [-0.4, -0.2) is 22.1 Å². The Morgan fingerprint density at radius 2 is 1.72 bits per heavy atom. The second-order valence-electron chi connectivity index (χ2n) is 3.87. The first-order valence-corrected chi connectivity index (χ1v) is 5.76. The fourth-order valence-corrected chi connectivity index (χ4v) is 2.51. The average molecular weight is 282 g/mol. The summed E-state index contributed by atoms with van der Waals surface area (Å²) in [5.74, 6) is -1.57. The summed E-state index contributed by atoms with van der Waals surface area (Å²) in [6, 6.07) is 6.16. The summed E-state index contributed by atoms with van der Waals surface area (Å²) in [4.78, 5) is 23.6. The Morgan fingerprint density at radius 1 is 1.06 bits per heavy atom. The topological polar surface area (TPSA) is 57.6 Å². The highest BCUT2D eigenvalue weighted by molar-refractivity contribution is 6.46. The van der Waals surface area contributed by atoms with Crippen LogP contribution in [0.5, 0.6) is 0 Å². The molecule has 0 aliphatic carbocycles. The van der Waals surface area contributed by atoms with Gasteiger partial charge in [0.1, 0.15) is 0 Å². The van der Waals surface area contributed by atoms with E-state index in [1.54, 1.807) is 12.1 Å². The van der Waals surface area contributed by atoms with Crippen molar-refractivity contribution in [2.24, 2.45) is 0 Å². The predicted molar refractivity (Wildman–Crippen MR) is 66.3 cm³/mol. The van der Waals surface area contributed by atoms with Gasteiger partial charge in [0, 0.05) is 10.8 Å². The van der Waals surface area contributed by atoms with Crippen LogP contribution in [0.2, 0.25) is 10.0 Å². The molecular formula is C12H5Cl2NO3. The molecule has 6 heteroatoms. The minimum atomic E-state index is -0.803. The van der Waals surface area contributed by atoms with Crippen molar-refractivity contribution < 1.29 is 14.8 Å². The van der Waals surface area contributed by atoms with E-state index < -0.39 is 11.8 Å². The zero-order valence-electron chi connectivity index (χ0n) is 8.78. The lowest BCUT2D eigenvalue weighted by atomic mass is 9.95. The van der Waals surface area contributed by atoms with Crippen molar-refractivity contribution in [3.8, 4) is 0 Å². The number of hydrogen-bond donors (Lipinski definition) is 1. The largest absolute Gasteiger partial charge is 0.285 e. The molecule has 0 fully saturated rings. The number of rotatable bonds is 0. The van der Waals surface area contributed by atoms with Crippen LogP contribution in [0.3, 0.4) is 0 Å². The number of hydroxylamine groups is 2. The lowest BCUT2D eigenvalue weighted by Crippen LogP contribution is -2.37. The second-order valence-corrected chi connectivity index (χ2v) is 4.66. The number of halogens is 2. The third-order valence-corrected chi connectivity index (χ3v) is 3.70. The van der Waals surface area contributed by atoms with Crippen molar-refractivity contribution in [1.29, 1.82) is 0 Å². The van der Waals surface area contributed by atoms with E-state index in [1.165, 1.54) is 12.1 Å². The first-order chi connectivity index (χ1) is 8.52. The number of benzene rings is 2. The molecule has 0 aromatic heterocycles. The Balaban J connectivity index is 2.57. The zero-order valence-corrected chi connectivity index (χ0v) is 10.3. The molecule has 1 aliphatic heterocycles. The maximum atomic E-state index is 11.8. The summed E-state index contributed by atoms with van der Waals surface area (Å²) in [6.45, 7) is 0. The van der Waals surface area contributed by atoms with Gasteiger partial charge < -0.3 is 0 Å². The van der Waals surface area contributed by atoms with Crippen LogP contribution in [-0.2, 0) is 0 Å². The molecule has 1 N–H and O–H groups in total. The van der Waals surface area contributed by atoms with Crippen molar-refractivity contribution in [1.82, 2.24) is 5.06 Å². The molecule has 2 aromatic carbocycles. The molecule has 1 aliphatic rings. The van der Waals surface area contributed by atoms with Crippen LogP contribution in [0.4, 0.5) is 0 Å². The van der Waals surface area contributed by atoms with Crippen LogP contribution in [0.1, 0.15) is 20.7 Å². The van der Waals surface area contributed by atoms with E-state index in [1.807, 2.05) is 0 Å². The molecule has 2 aromatic rings. The second kappa shape index (κ2) is 3.68. The van der Waals surface area contributed by atoms with Gasteiger partial charge >= 0.3 is 0 Å². The maximum absolute atomic E-state index is 11.8. The smallest absolute Gasteiger partial charge is 0.278 e. The molecule has 0 spiro atoms. The van der Waals surface area contributed by atoms with Gasteiger partial charge in [-0.2, -0.15) is 0 Å². The number of nitrogens with zero attached hydrogens (tertiary/aromatic N) is 1. The molecule has 0 radical (unpaired) electrons. The number of carbonyl (C=O) groups excluding carboxylic acids is 2. The van der Waals surface area contributed by atoms with E-state index in [2.05, 4.69) is 0 Å². The lowest BCUT2D eigenvalue weighted by Gasteiger charge is -2.22. The van der Waals surface area contributed by atoms with E-state index in [0.29, 0.717) is 10.8 Å². The summed E-state index contributed by atoms with van der Waals surface area (Å²) in [7, 11) is 0. The Labute approximate surface area is 111 Å². The van der Waals surface area contributed by atoms with Gasteiger partial charge in [0.2, 0.25) is 0 Å². The fraction of sp³-hybridized carbons (Fsp3) is 0. The molecule has 1 heterocycles. The number of amides is 2. The molecule has 0 saturated heterocycles. The van der Waals surface area contributed by atoms with Crippen molar-refractivity contribution in [3.63, 3.8) is 0 Å². The van der Waals surface area contributed by atoms with E-state index in [9.17, 15) is 14.8 Å². The standard InChI is InChI=1S/C12H5Cl2NO3/c13-8-4-7-9-5(10(8)14)2-1-3-6(9)11(16)15(18)12(7)17/h1-4,18H. The average Bonchev–Trinajstić information content (AvgIpc) is 2.38. The van der Waals surface area contributed by atoms with Crippen LogP contribution < -0.4 is 0 Å². The summed E-state index contributed by atoms with van der Waals surface area (Å²) >= 11 is 12.0. The highest BCUT2D eigenvalue weighted by atomic mass is 35.5.